The summed E-state index contributed by atoms with van der Waals surface area (Å²) in [5.74, 6) is 0.950. The van der Waals surface area contributed by atoms with Crippen LogP contribution in [0.2, 0.25) is 0 Å². The number of rotatable bonds is 9. The number of hydrogen-bond donors (Lipinski definition) is 1. The predicted octanol–water partition coefficient (Wildman–Crippen LogP) is 4.44. The van der Waals surface area contributed by atoms with E-state index >= 15 is 0 Å². The largest absolute Gasteiger partial charge is 0.491 e. The molecule has 0 spiro atoms. The van der Waals surface area contributed by atoms with E-state index in [1.165, 1.54) is 29.5 Å². The van der Waals surface area contributed by atoms with Crippen molar-refractivity contribution < 1.29 is 14.3 Å². The molecular weight excluding hydrogens is 452 g/mol. The second-order valence-electron chi connectivity index (χ2n) is 10.0. The molecule has 3 aromatic rings. The van der Waals surface area contributed by atoms with Gasteiger partial charge in [0.25, 0.3) is 5.91 Å². The van der Waals surface area contributed by atoms with Crippen LogP contribution >= 0.6 is 0 Å². The molecule has 2 aromatic carbocycles. The average Bonchev–Trinajstić information content (AvgIpc) is 3.50. The first kappa shape index (κ1) is 24.5. The summed E-state index contributed by atoms with van der Waals surface area (Å²) in [5, 5.41) is 7.56. The Morgan fingerprint density at radius 3 is 2.44 bits per heavy atom. The molecule has 1 aromatic heterocycles. The molecular formula is C29H36N4O3. The Morgan fingerprint density at radius 2 is 1.78 bits per heavy atom. The Morgan fingerprint density at radius 1 is 1.03 bits per heavy atom. The fourth-order valence-corrected chi connectivity index (χ4v) is 5.72. The first-order chi connectivity index (χ1) is 17.5. The average molecular weight is 489 g/mol. The molecule has 5 rings (SSSR count). The molecule has 0 radical (unpaired) electrons. The molecule has 2 saturated heterocycles. The highest BCUT2D eigenvalue weighted by molar-refractivity contribution is 5.94. The Hall–Kier alpha value is -3.16. The van der Waals surface area contributed by atoms with Gasteiger partial charge in [-0.05, 0) is 92.6 Å². The maximum Gasteiger partial charge on any atom is 0.251 e. The van der Waals surface area contributed by atoms with E-state index in [1.807, 2.05) is 36.5 Å². The smallest absolute Gasteiger partial charge is 0.251 e. The minimum atomic E-state index is 0.00963. The standard InChI is InChI=1S/C29H36N4O3/c1-20-21(2)28(36-16-15-35-3)12-7-23(20)19-32-26-10-11-27(32)18-24(17-26)31-29(34)22-5-8-25(9-6-22)33-14-4-13-30-33/h4-9,12-14,24,26-27H,10-11,15-19H2,1-3H3,(H,31,34). The zero-order valence-electron chi connectivity index (χ0n) is 21.4. The highest BCUT2D eigenvalue weighted by Crippen LogP contribution is 2.38. The number of nitrogens with zero attached hydrogens (tertiary/aromatic N) is 3. The summed E-state index contributed by atoms with van der Waals surface area (Å²) in [6.45, 7) is 6.44. The number of fused-ring (bicyclic) bond motifs is 2. The van der Waals surface area contributed by atoms with E-state index in [0.29, 0.717) is 30.9 Å². The number of benzene rings is 2. The molecule has 1 N–H and O–H groups in total. The van der Waals surface area contributed by atoms with Gasteiger partial charge in [-0.3, -0.25) is 9.69 Å². The summed E-state index contributed by atoms with van der Waals surface area (Å²) < 4.78 is 12.8. The molecule has 190 valence electrons. The monoisotopic (exact) mass is 488 g/mol. The van der Waals surface area contributed by atoms with E-state index in [2.05, 4.69) is 41.3 Å². The Balaban J connectivity index is 1.19. The number of carbonyl (C=O) groups excluding carboxylic acids is 1. The first-order valence-electron chi connectivity index (χ1n) is 12.9. The Labute approximate surface area is 213 Å². The summed E-state index contributed by atoms with van der Waals surface area (Å²) in [5.41, 5.74) is 5.51. The van der Waals surface area contributed by atoms with Gasteiger partial charge < -0.3 is 14.8 Å². The summed E-state index contributed by atoms with van der Waals surface area (Å²) in [6, 6.07) is 15.1. The van der Waals surface area contributed by atoms with Crippen LogP contribution in [0.4, 0.5) is 0 Å². The molecule has 2 aliphatic rings. The SMILES string of the molecule is COCCOc1ccc(CN2C3CCC2CC(NC(=O)c2ccc(-n4cccn4)cc2)C3)c(C)c1C. The molecule has 2 atom stereocenters. The lowest BCUT2D eigenvalue weighted by atomic mass is 9.94. The normalized spacial score (nSPS) is 21.5. The third-order valence-corrected chi connectivity index (χ3v) is 7.87. The van der Waals surface area contributed by atoms with Gasteiger partial charge in [0.05, 0.1) is 12.3 Å². The van der Waals surface area contributed by atoms with Crippen LogP contribution < -0.4 is 10.1 Å². The van der Waals surface area contributed by atoms with Gasteiger partial charge in [-0.15, -0.1) is 0 Å². The Bertz CT molecular complexity index is 1160. The zero-order valence-corrected chi connectivity index (χ0v) is 21.4. The fourth-order valence-electron chi connectivity index (χ4n) is 5.72. The number of ether oxygens (including phenoxy) is 2. The fraction of sp³-hybridized carbons (Fsp3) is 0.448. The maximum absolute atomic E-state index is 13.0. The molecule has 0 saturated carbocycles. The molecule has 7 heteroatoms. The molecule has 2 aliphatic heterocycles. The third kappa shape index (κ3) is 5.18. The van der Waals surface area contributed by atoms with Crippen molar-refractivity contribution >= 4 is 5.91 Å². The topological polar surface area (TPSA) is 68.6 Å². The van der Waals surface area contributed by atoms with Crippen LogP contribution in [0.15, 0.2) is 54.9 Å². The van der Waals surface area contributed by atoms with Gasteiger partial charge in [0.1, 0.15) is 12.4 Å². The van der Waals surface area contributed by atoms with Crippen LogP contribution in [0, 0.1) is 13.8 Å². The summed E-state index contributed by atoms with van der Waals surface area (Å²) in [6.07, 6.45) is 8.05. The minimum absolute atomic E-state index is 0.00963. The molecule has 2 fully saturated rings. The van der Waals surface area contributed by atoms with E-state index in [1.54, 1.807) is 18.0 Å². The van der Waals surface area contributed by atoms with Crippen LogP contribution in [0.1, 0.15) is 52.7 Å². The van der Waals surface area contributed by atoms with Gasteiger partial charge in [-0.25, -0.2) is 4.68 Å². The number of piperidine rings is 1. The maximum atomic E-state index is 13.0. The highest BCUT2D eigenvalue weighted by atomic mass is 16.5. The second kappa shape index (κ2) is 10.8. The highest BCUT2D eigenvalue weighted by Gasteiger charge is 2.41. The van der Waals surface area contributed by atoms with Crippen molar-refractivity contribution in [3.8, 4) is 11.4 Å². The van der Waals surface area contributed by atoms with Crippen molar-refractivity contribution in [3.05, 3.63) is 77.1 Å². The molecule has 0 aliphatic carbocycles. The van der Waals surface area contributed by atoms with Gasteiger partial charge in [0.2, 0.25) is 0 Å². The minimum Gasteiger partial charge on any atom is -0.491 e. The summed E-state index contributed by atoms with van der Waals surface area (Å²) >= 11 is 0. The molecule has 2 bridgehead atoms. The van der Waals surface area contributed by atoms with E-state index < -0.39 is 0 Å². The van der Waals surface area contributed by atoms with Crippen LogP contribution in [-0.4, -0.2) is 59.0 Å². The Kier molecular flexibility index (Phi) is 7.39. The quantitative estimate of drug-likeness (QED) is 0.451. The molecule has 7 nitrogen and oxygen atoms in total. The molecule has 3 heterocycles. The van der Waals surface area contributed by atoms with Crippen LogP contribution in [0.3, 0.4) is 0 Å². The molecule has 2 unspecified atom stereocenters. The van der Waals surface area contributed by atoms with Crippen LogP contribution in [0.25, 0.3) is 5.69 Å². The van der Waals surface area contributed by atoms with Crippen molar-refractivity contribution in [2.75, 3.05) is 20.3 Å². The first-order valence-corrected chi connectivity index (χ1v) is 12.9. The zero-order chi connectivity index (χ0) is 25.1. The lowest BCUT2D eigenvalue weighted by Gasteiger charge is -2.39. The van der Waals surface area contributed by atoms with Crippen LogP contribution in [-0.2, 0) is 11.3 Å². The van der Waals surface area contributed by atoms with E-state index in [-0.39, 0.29) is 11.9 Å². The summed E-state index contributed by atoms with van der Waals surface area (Å²) in [4.78, 5) is 15.6. The van der Waals surface area contributed by atoms with Crippen LogP contribution in [0.5, 0.6) is 5.75 Å². The third-order valence-electron chi connectivity index (χ3n) is 7.87. The lowest BCUT2D eigenvalue weighted by molar-refractivity contribution is 0.0827. The van der Waals surface area contributed by atoms with Gasteiger partial charge in [-0.1, -0.05) is 6.07 Å². The van der Waals surface area contributed by atoms with E-state index in [9.17, 15) is 4.79 Å². The van der Waals surface area contributed by atoms with Crippen molar-refractivity contribution in [1.29, 1.82) is 0 Å². The summed E-state index contributed by atoms with van der Waals surface area (Å²) in [7, 11) is 1.69. The van der Waals surface area contributed by atoms with E-state index in [4.69, 9.17) is 9.47 Å². The van der Waals surface area contributed by atoms with E-state index in [0.717, 1.165) is 30.8 Å². The van der Waals surface area contributed by atoms with Crippen molar-refractivity contribution in [2.24, 2.45) is 0 Å². The van der Waals surface area contributed by atoms with Crippen molar-refractivity contribution in [3.63, 3.8) is 0 Å². The number of aromatic nitrogens is 2. The lowest BCUT2D eigenvalue weighted by Crippen LogP contribution is -2.50. The number of nitrogens with one attached hydrogen (secondary N) is 1. The molecule has 36 heavy (non-hydrogen) atoms. The second-order valence-corrected chi connectivity index (χ2v) is 10.0. The predicted molar refractivity (Wildman–Crippen MR) is 140 cm³/mol. The van der Waals surface area contributed by atoms with Gasteiger partial charge in [-0.2, -0.15) is 5.10 Å². The number of hydrogen-bond acceptors (Lipinski definition) is 5. The number of amides is 1. The van der Waals surface area contributed by atoms with Gasteiger partial charge >= 0.3 is 0 Å². The number of methoxy groups -OCH3 is 1. The van der Waals surface area contributed by atoms with Crippen molar-refractivity contribution in [2.45, 2.75) is 64.2 Å². The van der Waals surface area contributed by atoms with Gasteiger partial charge in [0, 0.05) is 49.7 Å². The van der Waals surface area contributed by atoms with Crippen molar-refractivity contribution in [1.82, 2.24) is 20.0 Å². The molecule has 1 amide bonds. The number of carbonyl (C=O) groups is 1. The van der Waals surface area contributed by atoms with Gasteiger partial charge in [0.15, 0.2) is 0 Å².